The largest absolute Gasteiger partial charge is 0.457 e. The number of ether oxygens (including phenoxy) is 1. The molecule has 0 aliphatic carbocycles. The number of carbonyl (C=O) groups excluding carboxylic acids is 1. The molecule has 2 rings (SSSR count). The summed E-state index contributed by atoms with van der Waals surface area (Å²) in [6, 6.07) is 7.43. The highest BCUT2D eigenvalue weighted by Crippen LogP contribution is 2.17. The zero-order valence-electron chi connectivity index (χ0n) is 11.3. The molecule has 0 spiro atoms. The van der Waals surface area contributed by atoms with Crippen molar-refractivity contribution < 1.29 is 9.53 Å². The van der Waals surface area contributed by atoms with Crippen LogP contribution >= 0.6 is 0 Å². The van der Waals surface area contributed by atoms with E-state index in [1.807, 2.05) is 59.7 Å². The van der Waals surface area contributed by atoms with Gasteiger partial charge in [0, 0.05) is 5.56 Å². The molecule has 0 aromatic heterocycles. The Bertz CT molecular complexity index is 280. The molecule has 1 aliphatic heterocycles. The molecule has 1 aromatic carbocycles. The standard InChI is InChI=1S/C8H6O2.3C2H6/c9-8-7-4-2-1-3-6(7)5-10-8;3*1-2/h1-4H,5H2;3*1-2H3. The van der Waals surface area contributed by atoms with E-state index in [4.69, 9.17) is 4.74 Å². The number of esters is 1. The van der Waals surface area contributed by atoms with Gasteiger partial charge in [0.25, 0.3) is 0 Å². The third-order valence-corrected chi connectivity index (χ3v) is 1.60. The molecule has 1 aromatic rings. The molecule has 0 radical (unpaired) electrons. The topological polar surface area (TPSA) is 26.3 Å². The van der Waals surface area contributed by atoms with Gasteiger partial charge < -0.3 is 4.74 Å². The Balaban J connectivity index is 0. The summed E-state index contributed by atoms with van der Waals surface area (Å²) in [7, 11) is 0. The normalized spacial score (nSPS) is 10.2. The summed E-state index contributed by atoms with van der Waals surface area (Å²) in [4.78, 5) is 10.8. The Morgan fingerprint density at radius 1 is 0.938 bits per heavy atom. The minimum absolute atomic E-state index is 0.199. The van der Waals surface area contributed by atoms with Crippen molar-refractivity contribution in [3.8, 4) is 0 Å². The van der Waals surface area contributed by atoms with Crippen LogP contribution in [0.1, 0.15) is 57.5 Å². The quantitative estimate of drug-likeness (QED) is 0.609. The summed E-state index contributed by atoms with van der Waals surface area (Å²) in [5.74, 6) is -0.199. The molecule has 92 valence electrons. The fourth-order valence-corrected chi connectivity index (χ4v) is 1.07. The van der Waals surface area contributed by atoms with Crippen molar-refractivity contribution in [3.63, 3.8) is 0 Å². The van der Waals surface area contributed by atoms with Gasteiger partial charge in [0.1, 0.15) is 6.61 Å². The fraction of sp³-hybridized carbons (Fsp3) is 0.500. The number of fused-ring (bicyclic) bond motifs is 1. The number of cyclic esters (lactones) is 1. The molecule has 0 saturated carbocycles. The van der Waals surface area contributed by atoms with E-state index in [0.717, 1.165) is 5.56 Å². The number of hydrogen-bond donors (Lipinski definition) is 0. The lowest BCUT2D eigenvalue weighted by Gasteiger charge is -1.87. The molecule has 0 saturated heterocycles. The molecule has 0 atom stereocenters. The fourth-order valence-electron chi connectivity index (χ4n) is 1.07. The molecule has 2 heteroatoms. The number of rotatable bonds is 0. The molecular formula is C14H24O2. The summed E-state index contributed by atoms with van der Waals surface area (Å²) in [5.41, 5.74) is 1.70. The number of hydrogen-bond acceptors (Lipinski definition) is 2. The zero-order chi connectivity index (χ0) is 13.0. The predicted octanol–water partition coefficient (Wildman–Crippen LogP) is 4.44. The van der Waals surface area contributed by atoms with Crippen LogP contribution in [0.5, 0.6) is 0 Å². The van der Waals surface area contributed by atoms with E-state index in [0.29, 0.717) is 12.2 Å². The minimum Gasteiger partial charge on any atom is -0.457 e. The first-order valence-electron chi connectivity index (χ1n) is 6.13. The van der Waals surface area contributed by atoms with Crippen molar-refractivity contribution in [3.05, 3.63) is 35.4 Å². The summed E-state index contributed by atoms with van der Waals surface area (Å²) in [6.07, 6.45) is 0. The molecule has 0 bridgehead atoms. The zero-order valence-corrected chi connectivity index (χ0v) is 11.3. The molecule has 0 fully saturated rings. The van der Waals surface area contributed by atoms with Crippen LogP contribution in [-0.2, 0) is 11.3 Å². The average molecular weight is 224 g/mol. The van der Waals surface area contributed by atoms with Crippen LogP contribution < -0.4 is 0 Å². The Hall–Kier alpha value is -1.31. The van der Waals surface area contributed by atoms with Gasteiger partial charge in [-0.15, -0.1) is 0 Å². The van der Waals surface area contributed by atoms with Crippen LogP contribution in [0.15, 0.2) is 24.3 Å². The van der Waals surface area contributed by atoms with E-state index >= 15 is 0 Å². The Kier molecular flexibility index (Phi) is 12.6. The van der Waals surface area contributed by atoms with Gasteiger partial charge in [0.05, 0.1) is 5.56 Å². The van der Waals surface area contributed by atoms with Crippen molar-refractivity contribution >= 4 is 5.97 Å². The number of carbonyl (C=O) groups is 1. The van der Waals surface area contributed by atoms with Gasteiger partial charge in [-0.1, -0.05) is 59.7 Å². The molecule has 2 nitrogen and oxygen atoms in total. The van der Waals surface area contributed by atoms with Crippen LogP contribution in [0.3, 0.4) is 0 Å². The molecule has 0 unspecified atom stereocenters. The second-order valence-corrected chi connectivity index (χ2v) is 2.23. The summed E-state index contributed by atoms with van der Waals surface area (Å²) in [6.45, 7) is 12.4. The Morgan fingerprint density at radius 2 is 1.44 bits per heavy atom. The van der Waals surface area contributed by atoms with Crippen LogP contribution in [0, 0.1) is 0 Å². The van der Waals surface area contributed by atoms with Gasteiger partial charge >= 0.3 is 5.97 Å². The van der Waals surface area contributed by atoms with Crippen LogP contribution in [0.2, 0.25) is 0 Å². The van der Waals surface area contributed by atoms with Gasteiger partial charge in [-0.3, -0.25) is 0 Å². The first kappa shape index (κ1) is 17.1. The van der Waals surface area contributed by atoms with Gasteiger partial charge in [-0.05, 0) is 6.07 Å². The second-order valence-electron chi connectivity index (χ2n) is 2.23. The SMILES string of the molecule is CC.CC.CC.O=C1OCc2ccccc21. The Labute approximate surface area is 99.6 Å². The van der Waals surface area contributed by atoms with E-state index in [9.17, 15) is 4.79 Å². The van der Waals surface area contributed by atoms with Gasteiger partial charge in [0.2, 0.25) is 0 Å². The average Bonchev–Trinajstić information content (AvgIpc) is 2.79. The van der Waals surface area contributed by atoms with E-state index in [1.54, 1.807) is 6.07 Å². The van der Waals surface area contributed by atoms with E-state index < -0.39 is 0 Å². The van der Waals surface area contributed by atoms with Crippen molar-refractivity contribution in [2.45, 2.75) is 48.1 Å². The highest BCUT2D eigenvalue weighted by atomic mass is 16.5. The monoisotopic (exact) mass is 224 g/mol. The molecule has 1 aliphatic rings. The highest BCUT2D eigenvalue weighted by molar-refractivity contribution is 5.93. The first-order valence-corrected chi connectivity index (χ1v) is 6.13. The third-order valence-electron chi connectivity index (χ3n) is 1.60. The van der Waals surface area contributed by atoms with Gasteiger partial charge in [0.15, 0.2) is 0 Å². The second kappa shape index (κ2) is 11.8. The summed E-state index contributed by atoms with van der Waals surface area (Å²) >= 11 is 0. The summed E-state index contributed by atoms with van der Waals surface area (Å²) in [5, 5.41) is 0. The predicted molar refractivity (Wildman–Crippen MR) is 69.6 cm³/mol. The number of benzene rings is 1. The lowest BCUT2D eigenvalue weighted by molar-refractivity contribution is 0.0535. The van der Waals surface area contributed by atoms with Crippen molar-refractivity contribution in [2.75, 3.05) is 0 Å². The Morgan fingerprint density at radius 3 is 1.94 bits per heavy atom. The lowest BCUT2D eigenvalue weighted by Crippen LogP contribution is -1.91. The van der Waals surface area contributed by atoms with Crippen LogP contribution in [-0.4, -0.2) is 5.97 Å². The molecular weight excluding hydrogens is 200 g/mol. The molecule has 0 N–H and O–H groups in total. The third kappa shape index (κ3) is 4.96. The summed E-state index contributed by atoms with van der Waals surface area (Å²) < 4.78 is 4.78. The van der Waals surface area contributed by atoms with Gasteiger partial charge in [-0.2, -0.15) is 0 Å². The van der Waals surface area contributed by atoms with Crippen LogP contribution in [0.25, 0.3) is 0 Å². The van der Waals surface area contributed by atoms with E-state index in [1.165, 1.54) is 0 Å². The van der Waals surface area contributed by atoms with Crippen LogP contribution in [0.4, 0.5) is 0 Å². The van der Waals surface area contributed by atoms with Crippen molar-refractivity contribution in [1.29, 1.82) is 0 Å². The molecule has 16 heavy (non-hydrogen) atoms. The minimum atomic E-state index is -0.199. The van der Waals surface area contributed by atoms with E-state index in [-0.39, 0.29) is 5.97 Å². The first-order chi connectivity index (χ1) is 7.88. The van der Waals surface area contributed by atoms with Crippen molar-refractivity contribution in [1.82, 2.24) is 0 Å². The molecule has 1 heterocycles. The maximum absolute atomic E-state index is 10.8. The maximum Gasteiger partial charge on any atom is 0.338 e. The van der Waals surface area contributed by atoms with Gasteiger partial charge in [-0.25, -0.2) is 4.79 Å². The smallest absolute Gasteiger partial charge is 0.338 e. The van der Waals surface area contributed by atoms with E-state index in [2.05, 4.69) is 0 Å². The molecule has 0 amide bonds. The lowest BCUT2D eigenvalue weighted by atomic mass is 10.1. The maximum atomic E-state index is 10.8. The highest BCUT2D eigenvalue weighted by Gasteiger charge is 2.18. The van der Waals surface area contributed by atoms with Crippen molar-refractivity contribution in [2.24, 2.45) is 0 Å².